The molecule has 0 N–H and O–H groups in total. The summed E-state index contributed by atoms with van der Waals surface area (Å²) in [5, 5.41) is 0. The van der Waals surface area contributed by atoms with Crippen molar-refractivity contribution < 1.29 is 28.5 Å². The number of methoxy groups -OCH3 is 2. The molecule has 9 nitrogen and oxygen atoms in total. The van der Waals surface area contributed by atoms with E-state index in [4.69, 9.17) is 18.9 Å². The van der Waals surface area contributed by atoms with Gasteiger partial charge >= 0.3 is 11.9 Å². The first-order chi connectivity index (χ1) is 14.6. The van der Waals surface area contributed by atoms with E-state index in [1.165, 1.54) is 14.2 Å². The highest BCUT2D eigenvalue weighted by molar-refractivity contribution is 6.03. The van der Waals surface area contributed by atoms with Crippen LogP contribution in [0.3, 0.4) is 0 Å². The summed E-state index contributed by atoms with van der Waals surface area (Å²) in [7, 11) is 2.56. The third-order valence-electron chi connectivity index (χ3n) is 5.81. The molecule has 0 aromatic heterocycles. The summed E-state index contributed by atoms with van der Waals surface area (Å²) in [5.74, 6) is -1.20. The van der Waals surface area contributed by atoms with E-state index in [9.17, 15) is 9.59 Å². The Labute approximate surface area is 175 Å². The van der Waals surface area contributed by atoms with Crippen LogP contribution in [0.25, 0.3) is 0 Å². The van der Waals surface area contributed by atoms with Gasteiger partial charge in [0.25, 0.3) is 0 Å². The summed E-state index contributed by atoms with van der Waals surface area (Å²) in [6.45, 7) is 5.80. The van der Waals surface area contributed by atoms with Gasteiger partial charge in [-0.1, -0.05) is 0 Å². The Hall–Kier alpha value is -2.62. The first-order valence-corrected chi connectivity index (χ1v) is 10.0. The summed E-state index contributed by atoms with van der Waals surface area (Å²) < 4.78 is 20.5. The molecule has 0 spiro atoms. The fourth-order valence-electron chi connectivity index (χ4n) is 3.97. The maximum absolute atomic E-state index is 12.4. The van der Waals surface area contributed by atoms with Crippen LogP contribution in [0.2, 0.25) is 0 Å². The molecule has 0 atom stereocenters. The molecular weight excluding hydrogens is 390 g/mol. The summed E-state index contributed by atoms with van der Waals surface area (Å²) in [5.41, 5.74) is 2.17. The van der Waals surface area contributed by atoms with Crippen molar-refractivity contribution in [1.82, 2.24) is 4.90 Å². The van der Waals surface area contributed by atoms with Gasteiger partial charge in [-0.2, -0.15) is 0 Å². The highest BCUT2D eigenvalue weighted by Crippen LogP contribution is 2.29. The molecule has 162 valence electrons. The van der Waals surface area contributed by atoms with Crippen LogP contribution in [-0.4, -0.2) is 89.8 Å². The minimum Gasteiger partial charge on any atom is -0.466 e. The number of benzene rings is 1. The first-order valence-electron chi connectivity index (χ1n) is 10.0. The molecule has 3 aliphatic rings. The number of ether oxygens (including phenoxy) is 4. The Morgan fingerprint density at radius 1 is 0.900 bits per heavy atom. The third kappa shape index (κ3) is 4.00. The second-order valence-corrected chi connectivity index (χ2v) is 7.45. The Morgan fingerprint density at radius 3 is 2.10 bits per heavy atom. The van der Waals surface area contributed by atoms with Crippen molar-refractivity contribution in [3.63, 3.8) is 0 Å². The van der Waals surface area contributed by atoms with Gasteiger partial charge in [0.15, 0.2) is 0 Å². The van der Waals surface area contributed by atoms with Gasteiger partial charge in [0, 0.05) is 37.6 Å². The lowest BCUT2D eigenvalue weighted by atomic mass is 10.1. The van der Waals surface area contributed by atoms with Gasteiger partial charge in [0.2, 0.25) is 0 Å². The van der Waals surface area contributed by atoms with Crippen molar-refractivity contribution in [3.8, 4) is 0 Å². The second kappa shape index (κ2) is 9.03. The van der Waals surface area contributed by atoms with E-state index in [0.29, 0.717) is 6.04 Å². The Bertz CT molecular complexity index is 813. The Balaban J connectivity index is 1.50. The van der Waals surface area contributed by atoms with E-state index < -0.39 is 11.9 Å². The van der Waals surface area contributed by atoms with Crippen LogP contribution in [0.5, 0.6) is 0 Å². The van der Waals surface area contributed by atoms with E-state index in [1.807, 2.05) is 24.3 Å². The molecule has 1 aromatic carbocycles. The normalized spacial score (nSPS) is 20.7. The van der Waals surface area contributed by atoms with E-state index in [2.05, 4.69) is 9.80 Å². The van der Waals surface area contributed by atoms with E-state index in [0.717, 1.165) is 50.8 Å². The van der Waals surface area contributed by atoms with Gasteiger partial charge in [0.05, 0.1) is 45.7 Å². The molecule has 30 heavy (non-hydrogen) atoms. The van der Waals surface area contributed by atoms with Gasteiger partial charge in [-0.05, 0) is 24.3 Å². The predicted octanol–water partition coefficient (Wildman–Crippen LogP) is 0.602. The number of hydrogen-bond acceptors (Lipinski definition) is 9. The molecule has 0 unspecified atom stereocenters. The number of rotatable bonds is 5. The molecule has 3 heterocycles. The average molecular weight is 417 g/mol. The lowest BCUT2D eigenvalue weighted by Gasteiger charge is -2.43. The summed E-state index contributed by atoms with van der Waals surface area (Å²) in [4.78, 5) is 31.0. The van der Waals surface area contributed by atoms with Crippen molar-refractivity contribution in [2.45, 2.75) is 6.04 Å². The number of piperazine rings is 1. The SMILES string of the molecule is COC(=O)C1=C(C(=O)OC)N(c2ccc(N3CCN(C4COC4)CC3)cc2)COC1. The number of anilines is 2. The minimum absolute atomic E-state index is 0.00199. The quantitative estimate of drug-likeness (QED) is 0.640. The zero-order valence-electron chi connectivity index (χ0n) is 17.3. The van der Waals surface area contributed by atoms with Crippen LogP contribution in [0.1, 0.15) is 0 Å². The lowest BCUT2D eigenvalue weighted by Crippen LogP contribution is -2.56. The molecule has 4 rings (SSSR count). The standard InChI is InChI=1S/C21H27N3O6/c1-27-20(25)18-13-30-14-24(19(18)21(26)28-2)16-5-3-15(4-6-16)22-7-9-23(10-8-22)17-11-29-12-17/h3-6,17H,7-14H2,1-2H3. The summed E-state index contributed by atoms with van der Waals surface area (Å²) >= 11 is 0. The van der Waals surface area contributed by atoms with Gasteiger partial charge in [0.1, 0.15) is 12.4 Å². The van der Waals surface area contributed by atoms with E-state index in [1.54, 1.807) is 4.90 Å². The Morgan fingerprint density at radius 2 is 1.53 bits per heavy atom. The molecule has 0 aliphatic carbocycles. The van der Waals surface area contributed by atoms with Crippen molar-refractivity contribution in [1.29, 1.82) is 0 Å². The zero-order chi connectivity index (χ0) is 21.1. The minimum atomic E-state index is -0.605. The number of esters is 2. The van der Waals surface area contributed by atoms with E-state index in [-0.39, 0.29) is 24.6 Å². The van der Waals surface area contributed by atoms with Crippen LogP contribution < -0.4 is 9.80 Å². The maximum atomic E-state index is 12.4. The fraction of sp³-hybridized carbons (Fsp3) is 0.524. The van der Waals surface area contributed by atoms with Crippen molar-refractivity contribution in [2.24, 2.45) is 0 Å². The smallest absolute Gasteiger partial charge is 0.355 e. The molecule has 9 heteroatoms. The number of hydrogen-bond donors (Lipinski definition) is 0. The lowest BCUT2D eigenvalue weighted by molar-refractivity contribution is -0.140. The molecule has 0 bridgehead atoms. The van der Waals surface area contributed by atoms with Gasteiger partial charge < -0.3 is 28.7 Å². The highest BCUT2D eigenvalue weighted by atomic mass is 16.5. The number of carbonyl (C=O) groups is 2. The van der Waals surface area contributed by atoms with Crippen LogP contribution in [-0.2, 0) is 28.5 Å². The van der Waals surface area contributed by atoms with Crippen molar-refractivity contribution in [2.75, 3.05) is 76.7 Å². The molecule has 2 saturated heterocycles. The fourth-order valence-corrected chi connectivity index (χ4v) is 3.97. The molecular formula is C21H27N3O6. The predicted molar refractivity (Wildman–Crippen MR) is 109 cm³/mol. The van der Waals surface area contributed by atoms with Gasteiger partial charge in [-0.3, -0.25) is 4.90 Å². The van der Waals surface area contributed by atoms with Crippen LogP contribution in [0, 0.1) is 0 Å². The molecule has 2 fully saturated rings. The van der Waals surface area contributed by atoms with Gasteiger partial charge in [-0.25, -0.2) is 9.59 Å². The monoisotopic (exact) mass is 417 g/mol. The van der Waals surface area contributed by atoms with Crippen LogP contribution in [0.4, 0.5) is 11.4 Å². The average Bonchev–Trinajstić information content (AvgIpc) is 2.77. The summed E-state index contributed by atoms with van der Waals surface area (Å²) in [6.07, 6.45) is 0. The zero-order valence-corrected chi connectivity index (χ0v) is 17.3. The second-order valence-electron chi connectivity index (χ2n) is 7.45. The molecule has 0 amide bonds. The number of nitrogens with zero attached hydrogens (tertiary/aromatic N) is 3. The molecule has 0 saturated carbocycles. The topological polar surface area (TPSA) is 80.8 Å². The van der Waals surface area contributed by atoms with Crippen molar-refractivity contribution >= 4 is 23.3 Å². The van der Waals surface area contributed by atoms with Crippen molar-refractivity contribution in [3.05, 3.63) is 35.5 Å². The van der Waals surface area contributed by atoms with Gasteiger partial charge in [-0.15, -0.1) is 0 Å². The van der Waals surface area contributed by atoms with Crippen LogP contribution >= 0.6 is 0 Å². The summed E-state index contributed by atoms with van der Waals surface area (Å²) in [6, 6.07) is 8.47. The largest absolute Gasteiger partial charge is 0.466 e. The number of carbonyl (C=O) groups excluding carboxylic acids is 2. The highest BCUT2D eigenvalue weighted by Gasteiger charge is 2.33. The molecule has 3 aliphatic heterocycles. The maximum Gasteiger partial charge on any atom is 0.355 e. The molecule has 0 radical (unpaired) electrons. The molecule has 1 aromatic rings. The third-order valence-corrected chi connectivity index (χ3v) is 5.81. The van der Waals surface area contributed by atoms with Crippen LogP contribution in [0.15, 0.2) is 35.5 Å². The Kier molecular flexibility index (Phi) is 6.21. The first kappa shape index (κ1) is 20.6. The van der Waals surface area contributed by atoms with E-state index >= 15 is 0 Å².